The minimum Gasteiger partial charge on any atom is -0.355 e. The molecule has 1 heterocycles. The molecule has 0 bridgehead atoms. The maximum atomic E-state index is 12.5. The van der Waals surface area contributed by atoms with E-state index < -0.39 is 0 Å². The van der Waals surface area contributed by atoms with Crippen molar-refractivity contribution in [1.29, 1.82) is 0 Å². The van der Waals surface area contributed by atoms with E-state index in [1.54, 1.807) is 18.0 Å². The Labute approximate surface area is 144 Å². The van der Waals surface area contributed by atoms with Gasteiger partial charge < -0.3 is 9.80 Å². The molecule has 0 N–H and O–H groups in total. The van der Waals surface area contributed by atoms with Crippen molar-refractivity contribution < 1.29 is 4.79 Å². The van der Waals surface area contributed by atoms with Crippen LogP contribution in [0, 0.1) is 0 Å². The zero-order chi connectivity index (χ0) is 17.4. The lowest BCUT2D eigenvalue weighted by Crippen LogP contribution is -2.29. The van der Waals surface area contributed by atoms with Gasteiger partial charge >= 0.3 is 0 Å². The highest BCUT2D eigenvalue weighted by Gasteiger charge is 2.15. The summed E-state index contributed by atoms with van der Waals surface area (Å²) in [5.74, 6) is 0.719. The minimum absolute atomic E-state index is 0.115. The highest BCUT2D eigenvalue weighted by Crippen LogP contribution is 2.12. The average molecular weight is 326 g/mol. The Morgan fingerprint density at radius 1 is 0.958 bits per heavy atom. The van der Waals surface area contributed by atoms with Crippen LogP contribution in [0.5, 0.6) is 0 Å². The van der Waals surface area contributed by atoms with E-state index in [0.29, 0.717) is 12.2 Å². The first-order valence-corrected chi connectivity index (χ1v) is 8.53. The summed E-state index contributed by atoms with van der Waals surface area (Å²) in [6.45, 7) is 6.74. The van der Waals surface area contributed by atoms with Gasteiger partial charge in [-0.1, -0.05) is 44.2 Å². The molecule has 24 heavy (non-hydrogen) atoms. The smallest absolute Gasteiger partial charge is 0.274 e. The van der Waals surface area contributed by atoms with Crippen molar-refractivity contribution in [1.82, 2.24) is 15.1 Å². The Hall–Kier alpha value is -2.43. The third kappa shape index (κ3) is 4.78. The molecule has 5 heteroatoms. The number of carbonyl (C=O) groups is 1. The Morgan fingerprint density at radius 3 is 2.17 bits per heavy atom. The van der Waals surface area contributed by atoms with Gasteiger partial charge in [0.25, 0.3) is 5.91 Å². The number of nitrogens with zero attached hydrogens (tertiary/aromatic N) is 4. The molecule has 0 spiro atoms. The number of amides is 1. The fourth-order valence-corrected chi connectivity index (χ4v) is 2.61. The normalized spacial score (nSPS) is 10.5. The van der Waals surface area contributed by atoms with E-state index in [1.807, 2.05) is 36.4 Å². The van der Waals surface area contributed by atoms with Crippen molar-refractivity contribution in [3.05, 3.63) is 53.7 Å². The zero-order valence-corrected chi connectivity index (χ0v) is 14.8. The van der Waals surface area contributed by atoms with Crippen LogP contribution in [0.1, 0.15) is 42.7 Å². The first kappa shape index (κ1) is 17.9. The Bertz CT molecular complexity index is 622. The molecular weight excluding hydrogens is 300 g/mol. The molecule has 0 unspecified atom stereocenters. The standard InChI is InChI=1S/C19H26N4O/c1-4-13-23(14-5-2)18-12-11-17(20-21-18)19(24)22(3)15-16-9-7-6-8-10-16/h6-12H,4-5,13-15H2,1-3H3. The van der Waals surface area contributed by atoms with Crippen LogP contribution in [0.3, 0.4) is 0 Å². The summed E-state index contributed by atoms with van der Waals surface area (Å²) in [5, 5.41) is 8.40. The highest BCUT2D eigenvalue weighted by atomic mass is 16.2. The summed E-state index contributed by atoms with van der Waals surface area (Å²) in [7, 11) is 1.78. The number of carbonyl (C=O) groups excluding carboxylic acids is 1. The van der Waals surface area contributed by atoms with E-state index in [-0.39, 0.29) is 5.91 Å². The van der Waals surface area contributed by atoms with Crippen LogP contribution >= 0.6 is 0 Å². The number of hydrogen-bond acceptors (Lipinski definition) is 4. The van der Waals surface area contributed by atoms with Crippen LogP contribution in [0.2, 0.25) is 0 Å². The number of hydrogen-bond donors (Lipinski definition) is 0. The van der Waals surface area contributed by atoms with Crippen molar-refractivity contribution in [3.63, 3.8) is 0 Å². The van der Waals surface area contributed by atoms with E-state index >= 15 is 0 Å². The van der Waals surface area contributed by atoms with Gasteiger partial charge in [-0.05, 0) is 30.5 Å². The molecule has 2 rings (SSSR count). The first-order chi connectivity index (χ1) is 11.7. The fourth-order valence-electron chi connectivity index (χ4n) is 2.61. The Balaban J connectivity index is 2.04. The SMILES string of the molecule is CCCN(CCC)c1ccc(C(=O)N(C)Cc2ccccc2)nn1. The van der Waals surface area contributed by atoms with Gasteiger partial charge in [0.05, 0.1) is 0 Å². The summed E-state index contributed by atoms with van der Waals surface area (Å²) >= 11 is 0. The van der Waals surface area contributed by atoms with Gasteiger partial charge in [0.1, 0.15) is 0 Å². The van der Waals surface area contributed by atoms with E-state index in [2.05, 4.69) is 28.9 Å². The van der Waals surface area contributed by atoms with Crippen LogP contribution in [-0.4, -0.2) is 41.1 Å². The van der Waals surface area contributed by atoms with Gasteiger partial charge in [-0.2, -0.15) is 0 Å². The fraction of sp³-hybridized carbons (Fsp3) is 0.421. The predicted molar refractivity (Wildman–Crippen MR) is 97.1 cm³/mol. The lowest BCUT2D eigenvalue weighted by Gasteiger charge is -2.22. The highest BCUT2D eigenvalue weighted by molar-refractivity contribution is 5.92. The third-order valence-electron chi connectivity index (χ3n) is 3.79. The second-order valence-electron chi connectivity index (χ2n) is 5.91. The second kappa shape index (κ2) is 9.01. The number of rotatable bonds is 8. The average Bonchev–Trinajstić information content (AvgIpc) is 2.62. The van der Waals surface area contributed by atoms with Gasteiger partial charge in [-0.3, -0.25) is 4.79 Å². The zero-order valence-electron chi connectivity index (χ0n) is 14.8. The summed E-state index contributed by atoms with van der Waals surface area (Å²) in [4.78, 5) is 16.4. The van der Waals surface area contributed by atoms with E-state index in [4.69, 9.17) is 0 Å². The van der Waals surface area contributed by atoms with Crippen molar-refractivity contribution in [2.75, 3.05) is 25.0 Å². The van der Waals surface area contributed by atoms with Crippen LogP contribution in [0.4, 0.5) is 5.82 Å². The largest absolute Gasteiger partial charge is 0.355 e. The molecule has 0 aliphatic heterocycles. The van der Waals surface area contributed by atoms with Crippen molar-refractivity contribution in [2.24, 2.45) is 0 Å². The molecule has 0 saturated heterocycles. The second-order valence-corrected chi connectivity index (χ2v) is 5.91. The predicted octanol–water partition coefficient (Wildman–Crippen LogP) is 3.38. The van der Waals surface area contributed by atoms with E-state index in [9.17, 15) is 4.79 Å². The first-order valence-electron chi connectivity index (χ1n) is 8.53. The number of anilines is 1. The lowest BCUT2D eigenvalue weighted by atomic mass is 10.2. The molecule has 0 radical (unpaired) electrons. The maximum Gasteiger partial charge on any atom is 0.274 e. The minimum atomic E-state index is -0.115. The molecule has 0 fully saturated rings. The molecule has 1 amide bonds. The van der Waals surface area contributed by atoms with E-state index in [1.165, 1.54) is 0 Å². The van der Waals surface area contributed by atoms with E-state index in [0.717, 1.165) is 37.3 Å². The summed E-state index contributed by atoms with van der Waals surface area (Å²) in [5.41, 5.74) is 1.47. The molecule has 1 aromatic carbocycles. The Kier molecular flexibility index (Phi) is 6.73. The van der Waals surface area contributed by atoms with Gasteiger partial charge in [-0.15, -0.1) is 10.2 Å². The molecule has 0 atom stereocenters. The molecule has 0 aliphatic rings. The van der Waals surface area contributed by atoms with Crippen molar-refractivity contribution in [3.8, 4) is 0 Å². The molecule has 1 aromatic heterocycles. The summed E-state index contributed by atoms with van der Waals surface area (Å²) < 4.78 is 0. The molecule has 5 nitrogen and oxygen atoms in total. The van der Waals surface area contributed by atoms with Crippen molar-refractivity contribution in [2.45, 2.75) is 33.2 Å². The number of benzene rings is 1. The molecule has 2 aromatic rings. The van der Waals surface area contributed by atoms with Gasteiger partial charge in [0, 0.05) is 26.7 Å². The third-order valence-corrected chi connectivity index (χ3v) is 3.79. The number of aromatic nitrogens is 2. The van der Waals surface area contributed by atoms with Crippen LogP contribution in [-0.2, 0) is 6.54 Å². The van der Waals surface area contributed by atoms with Gasteiger partial charge in [-0.25, -0.2) is 0 Å². The monoisotopic (exact) mass is 326 g/mol. The van der Waals surface area contributed by atoms with Crippen molar-refractivity contribution >= 4 is 11.7 Å². The van der Waals surface area contributed by atoms with Gasteiger partial charge in [0.15, 0.2) is 11.5 Å². The topological polar surface area (TPSA) is 49.3 Å². The molecule has 0 aliphatic carbocycles. The summed E-state index contributed by atoms with van der Waals surface area (Å²) in [6.07, 6.45) is 2.12. The lowest BCUT2D eigenvalue weighted by molar-refractivity contribution is 0.0778. The molecule has 128 valence electrons. The van der Waals surface area contributed by atoms with Crippen LogP contribution in [0.15, 0.2) is 42.5 Å². The van der Waals surface area contributed by atoms with Gasteiger partial charge in [0.2, 0.25) is 0 Å². The molecule has 0 saturated carbocycles. The summed E-state index contributed by atoms with van der Waals surface area (Å²) in [6, 6.07) is 13.6. The molecular formula is C19H26N4O. The Morgan fingerprint density at radius 2 is 1.62 bits per heavy atom. The van der Waals surface area contributed by atoms with Crippen LogP contribution < -0.4 is 4.90 Å². The van der Waals surface area contributed by atoms with Crippen LogP contribution in [0.25, 0.3) is 0 Å². The maximum absolute atomic E-state index is 12.5. The quantitative estimate of drug-likeness (QED) is 0.746.